The number of carboxylic acids is 1. The van der Waals surface area contributed by atoms with Gasteiger partial charge in [-0.2, -0.15) is 0 Å². The Morgan fingerprint density at radius 1 is 1.40 bits per heavy atom. The van der Waals surface area contributed by atoms with Crippen LogP contribution in [0.25, 0.3) is 0 Å². The van der Waals surface area contributed by atoms with Crippen molar-refractivity contribution in [1.82, 2.24) is 9.97 Å². The summed E-state index contributed by atoms with van der Waals surface area (Å²) >= 11 is 0. The third kappa shape index (κ3) is 1.63. The number of hydrogen-bond donors (Lipinski definition) is 2. The largest absolute Gasteiger partial charge is 0.475 e. The van der Waals surface area contributed by atoms with Crippen LogP contribution < -0.4 is 5.56 Å². The fourth-order valence-corrected chi connectivity index (χ4v) is 2.89. The normalized spacial score (nSPS) is 17.3. The molecule has 8 heteroatoms. The first-order valence-electron chi connectivity index (χ1n) is 3.95. The van der Waals surface area contributed by atoms with Crippen LogP contribution >= 0.6 is 0 Å². The van der Waals surface area contributed by atoms with Crippen molar-refractivity contribution in [1.29, 1.82) is 0 Å². The van der Waals surface area contributed by atoms with E-state index in [1.807, 2.05) is 4.98 Å². The van der Waals surface area contributed by atoms with E-state index in [0.717, 1.165) is 0 Å². The number of nitrogens with one attached hydrogen (secondary N) is 1. The number of rotatable bonds is 1. The van der Waals surface area contributed by atoms with Gasteiger partial charge in [0.05, 0.1) is 22.8 Å². The predicted molar refractivity (Wildman–Crippen MR) is 48.1 cm³/mol. The van der Waals surface area contributed by atoms with E-state index in [2.05, 4.69) is 4.98 Å². The summed E-state index contributed by atoms with van der Waals surface area (Å²) < 4.78 is 22.4. The summed E-state index contributed by atoms with van der Waals surface area (Å²) in [6.45, 7) is 0. The van der Waals surface area contributed by atoms with E-state index in [1.165, 1.54) is 0 Å². The lowest BCUT2D eigenvalue weighted by Gasteiger charge is -1.97. The number of sulfone groups is 1. The molecule has 0 aromatic carbocycles. The minimum Gasteiger partial charge on any atom is -0.475 e. The molecule has 2 heterocycles. The van der Waals surface area contributed by atoms with Crippen LogP contribution in [0.3, 0.4) is 0 Å². The topological polar surface area (TPSA) is 117 Å². The minimum absolute atomic E-state index is 0.0381. The molecule has 0 atom stereocenters. The number of aromatic amines is 1. The first-order chi connectivity index (χ1) is 6.89. The number of aromatic nitrogens is 2. The number of fused-ring (bicyclic) bond motifs is 1. The third-order valence-electron chi connectivity index (χ3n) is 2.02. The van der Waals surface area contributed by atoms with E-state index < -0.39 is 27.2 Å². The van der Waals surface area contributed by atoms with E-state index >= 15 is 0 Å². The lowest BCUT2D eigenvalue weighted by atomic mass is 10.3. The number of carbonyl (C=O) groups is 1. The fourth-order valence-electron chi connectivity index (χ4n) is 1.39. The SMILES string of the molecule is O=C(O)c1nc2c(c(=O)[nH]1)CS(=O)(=O)C2. The van der Waals surface area contributed by atoms with Crippen LogP contribution in [-0.2, 0) is 21.3 Å². The second kappa shape index (κ2) is 2.89. The zero-order valence-electron chi connectivity index (χ0n) is 7.35. The van der Waals surface area contributed by atoms with Gasteiger partial charge in [-0.15, -0.1) is 0 Å². The van der Waals surface area contributed by atoms with Crippen LogP contribution in [0.5, 0.6) is 0 Å². The van der Waals surface area contributed by atoms with Crippen molar-refractivity contribution in [2.45, 2.75) is 11.5 Å². The summed E-state index contributed by atoms with van der Waals surface area (Å²) in [4.78, 5) is 27.4. The lowest BCUT2D eigenvalue weighted by Crippen LogP contribution is -2.19. The molecule has 0 saturated carbocycles. The number of H-pyrrole nitrogens is 1. The molecule has 2 N–H and O–H groups in total. The maximum absolute atomic E-state index is 11.3. The quantitative estimate of drug-likeness (QED) is 0.632. The summed E-state index contributed by atoms with van der Waals surface area (Å²) in [6, 6.07) is 0. The van der Waals surface area contributed by atoms with Gasteiger partial charge >= 0.3 is 5.97 Å². The number of hydrogen-bond acceptors (Lipinski definition) is 5. The summed E-state index contributed by atoms with van der Waals surface area (Å²) in [5, 5.41) is 8.59. The standard InChI is InChI=1S/C7H6N2O5S/c10-6-3-1-15(13,14)2-4(3)8-5(9-6)7(11)12/h1-2H2,(H,11,12)(H,8,9,10). The molecular formula is C7H6N2O5S. The van der Waals surface area contributed by atoms with Gasteiger partial charge in [-0.3, -0.25) is 4.79 Å². The molecule has 0 saturated heterocycles. The van der Waals surface area contributed by atoms with Gasteiger partial charge in [-0.1, -0.05) is 0 Å². The Bertz CT molecular complexity index is 600. The van der Waals surface area contributed by atoms with Gasteiger partial charge in [0.1, 0.15) is 0 Å². The van der Waals surface area contributed by atoms with Crippen LogP contribution in [0.15, 0.2) is 4.79 Å². The molecule has 1 aliphatic heterocycles. The van der Waals surface area contributed by atoms with Gasteiger partial charge < -0.3 is 10.1 Å². The average molecular weight is 230 g/mol. The molecule has 0 aliphatic carbocycles. The van der Waals surface area contributed by atoms with Crippen LogP contribution in [-0.4, -0.2) is 29.5 Å². The van der Waals surface area contributed by atoms with E-state index in [0.29, 0.717) is 0 Å². The Kier molecular flexibility index (Phi) is 1.90. The Balaban J connectivity index is 2.67. The van der Waals surface area contributed by atoms with Crippen LogP contribution in [0.2, 0.25) is 0 Å². The molecule has 0 spiro atoms. The van der Waals surface area contributed by atoms with Crippen LogP contribution in [0.1, 0.15) is 21.9 Å². The van der Waals surface area contributed by atoms with Crippen molar-refractivity contribution in [3.8, 4) is 0 Å². The monoisotopic (exact) mass is 230 g/mol. The van der Waals surface area contributed by atoms with Gasteiger partial charge in [-0.25, -0.2) is 18.2 Å². The zero-order valence-corrected chi connectivity index (χ0v) is 8.17. The molecule has 1 aromatic heterocycles. The predicted octanol–water partition coefficient (Wildman–Crippen LogP) is -1.10. The summed E-state index contributed by atoms with van der Waals surface area (Å²) in [5.41, 5.74) is -0.616. The third-order valence-corrected chi connectivity index (χ3v) is 3.47. The summed E-state index contributed by atoms with van der Waals surface area (Å²) in [7, 11) is -3.35. The second-order valence-corrected chi connectivity index (χ2v) is 5.24. The van der Waals surface area contributed by atoms with Crippen molar-refractivity contribution in [3.63, 3.8) is 0 Å². The molecule has 0 unspecified atom stereocenters. The molecule has 0 amide bonds. The molecule has 0 bridgehead atoms. The van der Waals surface area contributed by atoms with Crippen molar-refractivity contribution in [2.75, 3.05) is 0 Å². The molecule has 15 heavy (non-hydrogen) atoms. The average Bonchev–Trinajstić information content (AvgIpc) is 2.39. The number of nitrogens with zero attached hydrogens (tertiary/aromatic N) is 1. The number of aromatic carboxylic acids is 1. The minimum atomic E-state index is -3.35. The molecule has 1 aromatic rings. The Labute approximate surface area is 83.7 Å². The first kappa shape index (κ1) is 9.84. The summed E-state index contributed by atoms with van der Waals surface area (Å²) in [5.74, 6) is -2.66. The molecule has 0 radical (unpaired) electrons. The number of carboxylic acid groups (broad SMARTS) is 1. The molecular weight excluding hydrogens is 224 g/mol. The van der Waals surface area contributed by atoms with Crippen molar-refractivity contribution < 1.29 is 18.3 Å². The summed E-state index contributed by atoms with van der Waals surface area (Å²) in [6.07, 6.45) is 0. The van der Waals surface area contributed by atoms with Crippen LogP contribution in [0, 0.1) is 0 Å². The molecule has 80 valence electrons. The van der Waals surface area contributed by atoms with Gasteiger partial charge in [0.2, 0.25) is 5.82 Å². The van der Waals surface area contributed by atoms with Gasteiger partial charge in [0.15, 0.2) is 9.84 Å². The van der Waals surface area contributed by atoms with Gasteiger partial charge in [0, 0.05) is 0 Å². The van der Waals surface area contributed by atoms with Crippen LogP contribution in [0.4, 0.5) is 0 Å². The van der Waals surface area contributed by atoms with Crippen molar-refractivity contribution in [3.05, 3.63) is 27.4 Å². The fraction of sp³-hybridized carbons (Fsp3) is 0.286. The van der Waals surface area contributed by atoms with Crippen molar-refractivity contribution >= 4 is 15.8 Å². The first-order valence-corrected chi connectivity index (χ1v) is 5.77. The van der Waals surface area contributed by atoms with Gasteiger partial charge in [-0.05, 0) is 0 Å². The lowest BCUT2D eigenvalue weighted by molar-refractivity contribution is 0.0682. The highest BCUT2D eigenvalue weighted by atomic mass is 32.2. The van der Waals surface area contributed by atoms with E-state index in [4.69, 9.17) is 5.11 Å². The van der Waals surface area contributed by atoms with E-state index in [1.54, 1.807) is 0 Å². The molecule has 2 rings (SSSR count). The Morgan fingerprint density at radius 2 is 2.07 bits per heavy atom. The second-order valence-electron chi connectivity index (χ2n) is 3.18. The highest BCUT2D eigenvalue weighted by molar-refractivity contribution is 7.90. The maximum Gasteiger partial charge on any atom is 0.372 e. The van der Waals surface area contributed by atoms with E-state index in [-0.39, 0.29) is 22.8 Å². The zero-order chi connectivity index (χ0) is 11.2. The Morgan fingerprint density at radius 3 is 2.67 bits per heavy atom. The molecule has 0 fully saturated rings. The Hall–Kier alpha value is -1.70. The van der Waals surface area contributed by atoms with E-state index in [9.17, 15) is 18.0 Å². The molecule has 1 aliphatic rings. The maximum atomic E-state index is 11.3. The highest BCUT2D eigenvalue weighted by Crippen LogP contribution is 2.19. The highest BCUT2D eigenvalue weighted by Gasteiger charge is 2.29. The van der Waals surface area contributed by atoms with Crippen molar-refractivity contribution in [2.24, 2.45) is 0 Å². The van der Waals surface area contributed by atoms with Gasteiger partial charge in [0.25, 0.3) is 5.56 Å². The molecule has 7 nitrogen and oxygen atoms in total. The smallest absolute Gasteiger partial charge is 0.372 e.